The van der Waals surface area contributed by atoms with Gasteiger partial charge in [-0.25, -0.2) is 14.8 Å². The molecule has 0 fully saturated rings. The van der Waals surface area contributed by atoms with Gasteiger partial charge in [0.05, 0.1) is 17.9 Å². The minimum Gasteiger partial charge on any atom is -0.481 e. The molecule has 0 spiro atoms. The number of thiophene rings is 1. The van der Waals surface area contributed by atoms with Crippen LogP contribution in [-0.2, 0) is 9.53 Å². The van der Waals surface area contributed by atoms with E-state index in [1.807, 2.05) is 6.92 Å². The summed E-state index contributed by atoms with van der Waals surface area (Å²) in [5.41, 5.74) is 0.762. The van der Waals surface area contributed by atoms with Crippen molar-refractivity contribution in [3.05, 3.63) is 16.3 Å². The Morgan fingerprint density at radius 1 is 1.33 bits per heavy atom. The lowest BCUT2D eigenvalue weighted by molar-refractivity contribution is -0.140. The fraction of sp³-hybridized carbons (Fsp3) is 0.500. The topological polar surface area (TPSA) is 92.6 Å². The van der Waals surface area contributed by atoms with E-state index in [2.05, 4.69) is 9.97 Å². The van der Waals surface area contributed by atoms with Crippen LogP contribution in [0, 0.1) is 19.8 Å². The van der Waals surface area contributed by atoms with Gasteiger partial charge >= 0.3 is 11.9 Å². The van der Waals surface area contributed by atoms with Gasteiger partial charge in [0.15, 0.2) is 0 Å². The Morgan fingerprint density at radius 3 is 2.58 bits per heavy atom. The molecular formula is C16H21N3O4S. The summed E-state index contributed by atoms with van der Waals surface area (Å²) in [4.78, 5) is 35.1. The second-order valence-electron chi connectivity index (χ2n) is 5.67. The molecule has 2 rings (SSSR count). The number of hydrogen-bond acceptors (Lipinski definition) is 7. The van der Waals surface area contributed by atoms with E-state index in [-0.39, 0.29) is 5.97 Å². The number of rotatable bonds is 6. The van der Waals surface area contributed by atoms with Gasteiger partial charge in [-0.15, -0.1) is 11.3 Å². The van der Waals surface area contributed by atoms with Crippen molar-refractivity contribution in [3.8, 4) is 0 Å². The molecule has 0 aromatic carbocycles. The maximum atomic E-state index is 12.1. The zero-order chi connectivity index (χ0) is 18.0. The predicted octanol–water partition coefficient (Wildman–Crippen LogP) is 2.64. The Kier molecular flexibility index (Phi) is 5.38. The SMILES string of the molecule is CCOC(=O)c1sc2nc(C)nc(N(C)CC(C)C(=O)O)c2c1C. The van der Waals surface area contributed by atoms with Gasteiger partial charge in [0, 0.05) is 13.6 Å². The molecule has 130 valence electrons. The van der Waals surface area contributed by atoms with Gasteiger partial charge in [0.1, 0.15) is 21.3 Å². The lowest BCUT2D eigenvalue weighted by Gasteiger charge is -2.21. The normalized spacial score (nSPS) is 12.2. The second kappa shape index (κ2) is 7.12. The molecule has 1 N–H and O–H groups in total. The standard InChI is InChI=1S/C16H21N3O4S/c1-6-23-16(22)12-9(3)11-13(17-10(4)18-14(11)24-12)19(5)7-8(2)15(20)21/h8H,6-7H2,1-5H3,(H,20,21). The van der Waals surface area contributed by atoms with Gasteiger partial charge in [0.25, 0.3) is 0 Å². The summed E-state index contributed by atoms with van der Waals surface area (Å²) in [6.45, 7) is 7.63. The maximum absolute atomic E-state index is 12.1. The zero-order valence-corrected chi connectivity index (χ0v) is 15.2. The van der Waals surface area contributed by atoms with Crippen LogP contribution in [-0.4, -0.2) is 47.2 Å². The van der Waals surface area contributed by atoms with Crippen molar-refractivity contribution in [3.63, 3.8) is 0 Å². The monoisotopic (exact) mass is 351 g/mol. The molecule has 24 heavy (non-hydrogen) atoms. The molecule has 2 aromatic heterocycles. The number of carbonyl (C=O) groups excluding carboxylic acids is 1. The lowest BCUT2D eigenvalue weighted by atomic mass is 10.1. The van der Waals surface area contributed by atoms with E-state index >= 15 is 0 Å². The van der Waals surface area contributed by atoms with Crippen molar-refractivity contribution in [1.29, 1.82) is 0 Å². The maximum Gasteiger partial charge on any atom is 0.348 e. The summed E-state index contributed by atoms with van der Waals surface area (Å²) in [6, 6.07) is 0. The Hall–Kier alpha value is -2.22. The number of aliphatic carboxylic acids is 1. The van der Waals surface area contributed by atoms with Crippen LogP contribution in [0.1, 0.15) is 34.9 Å². The number of carboxylic acids is 1. The van der Waals surface area contributed by atoms with Crippen LogP contribution in [0.3, 0.4) is 0 Å². The van der Waals surface area contributed by atoms with Crippen LogP contribution in [0.5, 0.6) is 0 Å². The van der Waals surface area contributed by atoms with E-state index < -0.39 is 11.9 Å². The summed E-state index contributed by atoms with van der Waals surface area (Å²) in [5.74, 6) is -0.566. The Balaban J connectivity index is 2.53. The minimum atomic E-state index is -0.863. The van der Waals surface area contributed by atoms with Crippen molar-refractivity contribution >= 4 is 39.3 Å². The highest BCUT2D eigenvalue weighted by molar-refractivity contribution is 7.20. The lowest BCUT2D eigenvalue weighted by Crippen LogP contribution is -2.29. The van der Waals surface area contributed by atoms with Crippen LogP contribution in [0.25, 0.3) is 10.2 Å². The molecule has 0 aliphatic carbocycles. The number of anilines is 1. The predicted molar refractivity (Wildman–Crippen MR) is 92.9 cm³/mol. The van der Waals surface area contributed by atoms with Crippen LogP contribution in [0.4, 0.5) is 5.82 Å². The van der Waals surface area contributed by atoms with Gasteiger partial charge in [-0.1, -0.05) is 6.92 Å². The summed E-state index contributed by atoms with van der Waals surface area (Å²) >= 11 is 1.27. The van der Waals surface area contributed by atoms with Gasteiger partial charge in [-0.05, 0) is 26.3 Å². The molecule has 2 aromatic rings. The number of esters is 1. The van der Waals surface area contributed by atoms with E-state index in [0.29, 0.717) is 34.5 Å². The van der Waals surface area contributed by atoms with Crippen LogP contribution in [0.2, 0.25) is 0 Å². The highest BCUT2D eigenvalue weighted by atomic mass is 32.1. The molecule has 1 unspecified atom stereocenters. The third kappa shape index (κ3) is 3.48. The first-order chi connectivity index (χ1) is 11.3. The van der Waals surface area contributed by atoms with Crippen molar-refractivity contribution in [2.24, 2.45) is 5.92 Å². The van der Waals surface area contributed by atoms with Crippen LogP contribution in [0.15, 0.2) is 0 Å². The molecule has 0 saturated heterocycles. The summed E-state index contributed by atoms with van der Waals surface area (Å²) < 4.78 is 5.10. The molecule has 0 radical (unpaired) electrons. The van der Waals surface area contributed by atoms with E-state index in [9.17, 15) is 9.59 Å². The van der Waals surface area contributed by atoms with Gasteiger partial charge < -0.3 is 14.7 Å². The van der Waals surface area contributed by atoms with Crippen molar-refractivity contribution < 1.29 is 19.4 Å². The number of aromatic nitrogens is 2. The molecular weight excluding hydrogens is 330 g/mol. The Labute approximate surface area is 144 Å². The molecule has 8 heteroatoms. The molecule has 7 nitrogen and oxygen atoms in total. The van der Waals surface area contributed by atoms with E-state index in [1.54, 1.807) is 32.7 Å². The van der Waals surface area contributed by atoms with Crippen molar-refractivity contribution in [1.82, 2.24) is 9.97 Å². The number of carboxylic acid groups (broad SMARTS) is 1. The number of carbonyl (C=O) groups is 2. The molecule has 0 amide bonds. The van der Waals surface area contributed by atoms with E-state index in [0.717, 1.165) is 10.9 Å². The van der Waals surface area contributed by atoms with E-state index in [4.69, 9.17) is 9.84 Å². The second-order valence-corrected chi connectivity index (χ2v) is 6.67. The third-order valence-corrected chi connectivity index (χ3v) is 4.84. The summed E-state index contributed by atoms with van der Waals surface area (Å²) in [7, 11) is 1.79. The Bertz CT molecular complexity index is 787. The quantitative estimate of drug-likeness (QED) is 0.800. The van der Waals surface area contributed by atoms with Gasteiger partial charge in [0.2, 0.25) is 0 Å². The van der Waals surface area contributed by atoms with Crippen molar-refractivity contribution in [2.75, 3.05) is 25.1 Å². The largest absolute Gasteiger partial charge is 0.481 e. The fourth-order valence-corrected chi connectivity index (χ4v) is 3.58. The van der Waals surface area contributed by atoms with Crippen LogP contribution < -0.4 is 4.90 Å². The average molecular weight is 351 g/mol. The first kappa shape index (κ1) is 18.1. The Morgan fingerprint density at radius 2 is 2.00 bits per heavy atom. The molecule has 0 bridgehead atoms. The average Bonchev–Trinajstić information content (AvgIpc) is 2.83. The van der Waals surface area contributed by atoms with Gasteiger partial charge in [-0.2, -0.15) is 0 Å². The highest BCUT2D eigenvalue weighted by Gasteiger charge is 2.23. The van der Waals surface area contributed by atoms with E-state index in [1.165, 1.54) is 11.3 Å². The minimum absolute atomic E-state index is 0.306. The molecule has 1 atom stereocenters. The number of fused-ring (bicyclic) bond motifs is 1. The summed E-state index contributed by atoms with van der Waals surface area (Å²) in [6.07, 6.45) is 0. The smallest absolute Gasteiger partial charge is 0.348 e. The highest BCUT2D eigenvalue weighted by Crippen LogP contribution is 2.35. The molecule has 2 heterocycles. The van der Waals surface area contributed by atoms with Crippen LogP contribution >= 0.6 is 11.3 Å². The third-order valence-electron chi connectivity index (χ3n) is 3.67. The number of ether oxygens (including phenoxy) is 1. The molecule has 0 saturated carbocycles. The first-order valence-corrected chi connectivity index (χ1v) is 8.46. The number of aryl methyl sites for hydroxylation is 2. The van der Waals surface area contributed by atoms with Crippen molar-refractivity contribution in [2.45, 2.75) is 27.7 Å². The first-order valence-electron chi connectivity index (χ1n) is 7.65. The summed E-state index contributed by atoms with van der Waals surface area (Å²) in [5, 5.41) is 9.89. The molecule has 0 aliphatic heterocycles. The molecule has 0 aliphatic rings. The van der Waals surface area contributed by atoms with Gasteiger partial charge in [-0.3, -0.25) is 4.79 Å². The fourth-order valence-electron chi connectivity index (χ4n) is 2.46. The number of hydrogen-bond donors (Lipinski definition) is 1. The zero-order valence-electron chi connectivity index (χ0n) is 14.4. The number of nitrogens with zero attached hydrogens (tertiary/aromatic N) is 3.